The van der Waals surface area contributed by atoms with Gasteiger partial charge >= 0.3 is 0 Å². The van der Waals surface area contributed by atoms with Crippen molar-refractivity contribution in [3.05, 3.63) is 23.9 Å². The first kappa shape index (κ1) is 16.2. The van der Waals surface area contributed by atoms with E-state index in [2.05, 4.69) is 18.3 Å². The van der Waals surface area contributed by atoms with Crippen molar-refractivity contribution in [2.24, 2.45) is 5.92 Å². The highest BCUT2D eigenvalue weighted by atomic mass is 16.6. The Labute approximate surface area is 117 Å². The van der Waals surface area contributed by atoms with E-state index in [4.69, 9.17) is 4.74 Å². The van der Waals surface area contributed by atoms with Gasteiger partial charge in [0.1, 0.15) is 0 Å². The number of likely N-dealkylation sites (N-methyl/N-ethyl adjacent to an activating group) is 1. The van der Waals surface area contributed by atoms with Crippen LogP contribution in [0.3, 0.4) is 0 Å². The summed E-state index contributed by atoms with van der Waals surface area (Å²) in [4.78, 5) is 2.04. The number of nitrogens with zero attached hydrogens (tertiary/aromatic N) is 1. The average Bonchev–Trinajstić information content (AvgIpc) is 2.39. The highest BCUT2D eigenvalue weighted by Gasteiger charge is 2.18. The second-order valence-electron chi connectivity index (χ2n) is 5.26. The lowest BCUT2D eigenvalue weighted by Gasteiger charge is -2.23. The van der Waals surface area contributed by atoms with Crippen LogP contribution >= 0.6 is 0 Å². The Hall–Kier alpha value is -0.840. The summed E-state index contributed by atoms with van der Waals surface area (Å²) < 4.78 is 5.44. The van der Waals surface area contributed by atoms with Crippen LogP contribution in [-0.2, 0) is 4.74 Å². The first-order valence-corrected chi connectivity index (χ1v) is 7.20. The van der Waals surface area contributed by atoms with Gasteiger partial charge < -0.3 is 20.1 Å². The van der Waals surface area contributed by atoms with Gasteiger partial charge in [-0.15, -0.1) is 0 Å². The topological polar surface area (TPSA) is 44.7 Å². The molecule has 1 rings (SSSR count). The monoisotopic (exact) mass is 268 g/mol. The molecule has 0 bridgehead atoms. The van der Waals surface area contributed by atoms with Crippen LogP contribution in [-0.4, -0.2) is 50.1 Å². The van der Waals surface area contributed by atoms with Gasteiger partial charge in [-0.25, -0.2) is 0 Å². The van der Waals surface area contributed by atoms with Crippen molar-refractivity contribution in [1.29, 1.82) is 0 Å². The first-order valence-electron chi connectivity index (χ1n) is 7.20. The zero-order valence-corrected chi connectivity index (χ0v) is 12.4. The fourth-order valence-electron chi connectivity index (χ4n) is 1.87. The molecule has 0 aromatic rings. The minimum atomic E-state index is -0.704. The van der Waals surface area contributed by atoms with Gasteiger partial charge in [-0.3, -0.25) is 0 Å². The van der Waals surface area contributed by atoms with Crippen LogP contribution in [0.5, 0.6) is 0 Å². The lowest BCUT2D eigenvalue weighted by molar-refractivity contribution is -0.124. The van der Waals surface area contributed by atoms with Crippen LogP contribution in [0.4, 0.5) is 0 Å². The van der Waals surface area contributed by atoms with Crippen molar-refractivity contribution in [3.63, 3.8) is 0 Å². The van der Waals surface area contributed by atoms with Crippen molar-refractivity contribution < 1.29 is 9.84 Å². The Morgan fingerprint density at radius 2 is 2.32 bits per heavy atom. The van der Waals surface area contributed by atoms with E-state index in [1.54, 1.807) is 0 Å². The first-order chi connectivity index (χ1) is 9.13. The maximum atomic E-state index is 9.95. The van der Waals surface area contributed by atoms with E-state index in [0.29, 0.717) is 6.61 Å². The molecular weight excluding hydrogens is 240 g/mol. The molecular formula is C15H28N2O2. The van der Waals surface area contributed by atoms with E-state index >= 15 is 0 Å². The van der Waals surface area contributed by atoms with Crippen molar-refractivity contribution >= 4 is 0 Å². The predicted octanol–water partition coefficient (Wildman–Crippen LogP) is 1.73. The van der Waals surface area contributed by atoms with Crippen LogP contribution in [0.1, 0.15) is 26.2 Å². The largest absolute Gasteiger partial charge is 0.385 e. The molecule has 110 valence electrons. The Balaban J connectivity index is 2.23. The van der Waals surface area contributed by atoms with E-state index in [1.165, 1.54) is 12.8 Å². The van der Waals surface area contributed by atoms with Gasteiger partial charge in [0.25, 0.3) is 0 Å². The summed E-state index contributed by atoms with van der Waals surface area (Å²) in [5.74, 6) is 0.0684. The molecule has 0 amide bonds. The van der Waals surface area contributed by atoms with E-state index in [-0.39, 0.29) is 5.92 Å². The minimum Gasteiger partial charge on any atom is -0.385 e. The molecule has 0 spiro atoms. The van der Waals surface area contributed by atoms with Gasteiger partial charge in [-0.2, -0.15) is 0 Å². The van der Waals surface area contributed by atoms with Crippen molar-refractivity contribution in [2.75, 3.05) is 33.8 Å². The second kappa shape index (κ2) is 9.13. The van der Waals surface area contributed by atoms with Crippen LogP contribution < -0.4 is 5.32 Å². The molecule has 0 heterocycles. The fourth-order valence-corrected chi connectivity index (χ4v) is 1.87. The highest BCUT2D eigenvalue weighted by molar-refractivity contribution is 5.22. The van der Waals surface area contributed by atoms with Crippen molar-refractivity contribution in [3.8, 4) is 0 Å². The van der Waals surface area contributed by atoms with Crippen LogP contribution in [0, 0.1) is 5.92 Å². The Bertz CT molecular complexity index is 301. The van der Waals surface area contributed by atoms with Gasteiger partial charge in [0, 0.05) is 24.7 Å². The molecule has 4 nitrogen and oxygen atoms in total. The summed E-state index contributed by atoms with van der Waals surface area (Å²) in [6.45, 7) is 4.58. The smallest absolute Gasteiger partial charge is 0.161 e. The molecule has 1 aliphatic rings. The lowest BCUT2D eigenvalue weighted by atomic mass is 9.99. The summed E-state index contributed by atoms with van der Waals surface area (Å²) >= 11 is 0. The minimum absolute atomic E-state index is 0.0684. The molecule has 0 radical (unpaired) electrons. The van der Waals surface area contributed by atoms with Gasteiger partial charge in [0.15, 0.2) is 6.29 Å². The normalized spacial score (nSPS) is 20.5. The third kappa shape index (κ3) is 6.76. The quantitative estimate of drug-likeness (QED) is 0.494. The third-order valence-electron chi connectivity index (χ3n) is 3.19. The molecule has 2 N–H and O–H groups in total. The zero-order chi connectivity index (χ0) is 14.1. The number of hydrogen-bond donors (Lipinski definition) is 2. The second-order valence-corrected chi connectivity index (χ2v) is 5.26. The van der Waals surface area contributed by atoms with Crippen LogP contribution in [0.15, 0.2) is 23.9 Å². The molecule has 0 saturated heterocycles. The predicted molar refractivity (Wildman–Crippen MR) is 78.8 cm³/mol. The summed E-state index contributed by atoms with van der Waals surface area (Å²) in [7, 11) is 3.99. The van der Waals surface area contributed by atoms with Gasteiger partial charge in [0.05, 0.1) is 6.61 Å². The lowest BCUT2D eigenvalue weighted by Crippen LogP contribution is -2.28. The van der Waals surface area contributed by atoms with Crippen molar-refractivity contribution in [1.82, 2.24) is 10.2 Å². The summed E-state index contributed by atoms with van der Waals surface area (Å²) in [5, 5.41) is 13.3. The van der Waals surface area contributed by atoms with Gasteiger partial charge in [-0.05, 0) is 33.0 Å². The Morgan fingerprint density at radius 1 is 1.53 bits per heavy atom. The third-order valence-corrected chi connectivity index (χ3v) is 3.19. The van der Waals surface area contributed by atoms with Crippen LogP contribution in [0.25, 0.3) is 0 Å². The van der Waals surface area contributed by atoms with E-state index in [1.807, 2.05) is 31.1 Å². The van der Waals surface area contributed by atoms with Crippen LogP contribution in [0.2, 0.25) is 0 Å². The molecule has 1 aliphatic carbocycles. The number of nitrogens with one attached hydrogen (secondary N) is 1. The molecule has 0 aliphatic heterocycles. The number of aliphatic hydroxyl groups is 1. The van der Waals surface area contributed by atoms with Gasteiger partial charge in [-0.1, -0.05) is 25.5 Å². The molecule has 2 unspecified atom stereocenters. The summed E-state index contributed by atoms with van der Waals surface area (Å²) in [5.41, 5.74) is 1.16. The fraction of sp³-hybridized carbons (Fsp3) is 0.733. The SMILES string of the molecule is CCCCNC1=CCC(C(O)OCCN(C)C)C=C1. The summed E-state index contributed by atoms with van der Waals surface area (Å²) in [6.07, 6.45) is 8.73. The standard InChI is InChI=1S/C15H28N2O2/c1-4-5-10-16-14-8-6-13(7-9-14)15(18)19-12-11-17(2)3/h6,8-9,13,15-16,18H,4-5,7,10-12H2,1-3H3. The van der Waals surface area contributed by atoms with E-state index in [0.717, 1.165) is 25.2 Å². The number of allylic oxidation sites excluding steroid dienone is 2. The molecule has 0 aromatic heterocycles. The highest BCUT2D eigenvalue weighted by Crippen LogP contribution is 2.19. The molecule has 4 heteroatoms. The molecule has 2 atom stereocenters. The zero-order valence-electron chi connectivity index (χ0n) is 12.4. The molecule has 0 fully saturated rings. The summed E-state index contributed by atoms with van der Waals surface area (Å²) in [6, 6.07) is 0. The maximum absolute atomic E-state index is 9.95. The average molecular weight is 268 g/mol. The number of hydrogen-bond acceptors (Lipinski definition) is 4. The number of ether oxygens (including phenoxy) is 1. The Kier molecular flexibility index (Phi) is 7.79. The maximum Gasteiger partial charge on any atom is 0.161 e. The molecule has 19 heavy (non-hydrogen) atoms. The molecule has 0 saturated carbocycles. The van der Waals surface area contributed by atoms with Crippen molar-refractivity contribution in [2.45, 2.75) is 32.5 Å². The number of unbranched alkanes of at least 4 members (excludes halogenated alkanes) is 1. The van der Waals surface area contributed by atoms with E-state index in [9.17, 15) is 5.11 Å². The number of rotatable bonds is 9. The van der Waals surface area contributed by atoms with Gasteiger partial charge in [0.2, 0.25) is 0 Å². The number of aliphatic hydroxyl groups excluding tert-OH is 1. The Morgan fingerprint density at radius 3 is 2.89 bits per heavy atom. The van der Waals surface area contributed by atoms with E-state index < -0.39 is 6.29 Å². The molecule has 0 aromatic carbocycles.